The van der Waals surface area contributed by atoms with Gasteiger partial charge in [-0.1, -0.05) is 6.07 Å². The Labute approximate surface area is 97.6 Å². The van der Waals surface area contributed by atoms with Gasteiger partial charge in [0.25, 0.3) is 5.88 Å². The number of anilines is 1. The monoisotopic (exact) mass is 227 g/mol. The molecule has 0 saturated carbocycles. The summed E-state index contributed by atoms with van der Waals surface area (Å²) in [6, 6.07) is 5.57. The molecular weight excluding hydrogens is 218 g/mol. The van der Waals surface area contributed by atoms with Gasteiger partial charge in [0.05, 0.1) is 6.21 Å². The minimum Gasteiger partial charge on any atom is -0.422 e. The largest absolute Gasteiger partial charge is 0.422 e. The smallest absolute Gasteiger partial charge is 0.252 e. The summed E-state index contributed by atoms with van der Waals surface area (Å²) in [4.78, 5) is 7.82. The summed E-state index contributed by atoms with van der Waals surface area (Å²) < 4.78 is 5.17. The number of hydrogen-bond acceptors (Lipinski definition) is 6. The van der Waals surface area contributed by atoms with E-state index in [4.69, 9.17) is 9.68 Å². The lowest BCUT2D eigenvalue weighted by Crippen LogP contribution is -1.91. The third-order valence-electron chi connectivity index (χ3n) is 1.90. The Morgan fingerprint density at radius 2 is 2.47 bits per heavy atom. The lowest BCUT2D eigenvalue weighted by Gasteiger charge is -1.93. The molecule has 0 fully saturated rings. The summed E-state index contributed by atoms with van der Waals surface area (Å²) in [7, 11) is 0. The number of aromatic nitrogens is 2. The molecule has 2 aromatic heterocycles. The van der Waals surface area contributed by atoms with Gasteiger partial charge in [-0.2, -0.15) is 10.4 Å². The van der Waals surface area contributed by atoms with Gasteiger partial charge in [-0.15, -0.1) is 0 Å². The number of nitriles is 1. The Morgan fingerprint density at radius 3 is 3.18 bits per heavy atom. The number of nitrogens with zero attached hydrogens (tertiary/aromatic N) is 4. The van der Waals surface area contributed by atoms with Crippen LogP contribution in [0.2, 0.25) is 0 Å². The summed E-state index contributed by atoms with van der Waals surface area (Å²) in [6.07, 6.45) is 4.92. The molecule has 6 nitrogen and oxygen atoms in total. The van der Waals surface area contributed by atoms with Crippen LogP contribution >= 0.6 is 0 Å². The number of hydrazone groups is 1. The Bertz CT molecular complexity index is 567. The zero-order valence-electron chi connectivity index (χ0n) is 9.08. The van der Waals surface area contributed by atoms with E-state index in [2.05, 4.69) is 20.5 Å². The van der Waals surface area contributed by atoms with E-state index in [1.165, 1.54) is 0 Å². The first kappa shape index (κ1) is 10.8. The van der Waals surface area contributed by atoms with Crippen LogP contribution in [0.4, 0.5) is 5.88 Å². The van der Waals surface area contributed by atoms with E-state index in [0.717, 1.165) is 5.56 Å². The molecule has 2 rings (SSSR count). The zero-order valence-corrected chi connectivity index (χ0v) is 9.08. The van der Waals surface area contributed by atoms with E-state index in [1.807, 2.05) is 12.1 Å². The second-order valence-electron chi connectivity index (χ2n) is 3.18. The van der Waals surface area contributed by atoms with Gasteiger partial charge in [0.15, 0.2) is 5.89 Å². The second-order valence-corrected chi connectivity index (χ2v) is 3.18. The fraction of sp³-hybridized carbons (Fsp3) is 0.0909. The standard InChI is InChI=1S/C11H9N5O/c1-8-15-10(5-12)11(17-8)16-14-7-9-3-2-4-13-6-9/h2-4,6-7,16H,1H3. The molecule has 0 bridgehead atoms. The summed E-state index contributed by atoms with van der Waals surface area (Å²) in [5.41, 5.74) is 3.65. The number of aryl methyl sites for hydroxylation is 1. The van der Waals surface area contributed by atoms with Gasteiger partial charge in [0, 0.05) is 24.9 Å². The van der Waals surface area contributed by atoms with Crippen molar-refractivity contribution in [2.75, 3.05) is 5.43 Å². The van der Waals surface area contributed by atoms with Crippen LogP contribution in [0.15, 0.2) is 34.0 Å². The molecule has 84 valence electrons. The van der Waals surface area contributed by atoms with Crippen molar-refractivity contribution in [2.45, 2.75) is 6.92 Å². The molecule has 1 N–H and O–H groups in total. The number of rotatable bonds is 3. The van der Waals surface area contributed by atoms with E-state index in [1.54, 1.807) is 31.6 Å². The molecule has 0 radical (unpaired) electrons. The van der Waals surface area contributed by atoms with E-state index in [0.29, 0.717) is 5.89 Å². The molecule has 17 heavy (non-hydrogen) atoms. The summed E-state index contributed by atoms with van der Waals surface area (Å²) in [5, 5.41) is 12.7. The molecule has 2 aromatic rings. The number of nitrogens with one attached hydrogen (secondary N) is 1. The number of hydrogen-bond donors (Lipinski definition) is 1. The van der Waals surface area contributed by atoms with Crippen molar-refractivity contribution >= 4 is 12.1 Å². The minimum atomic E-state index is 0.186. The predicted molar refractivity (Wildman–Crippen MR) is 61.4 cm³/mol. The van der Waals surface area contributed by atoms with Crippen LogP contribution in [0.1, 0.15) is 17.1 Å². The molecule has 0 aliphatic carbocycles. The highest BCUT2D eigenvalue weighted by molar-refractivity contribution is 5.79. The maximum Gasteiger partial charge on any atom is 0.252 e. The molecule has 0 atom stereocenters. The molecule has 2 heterocycles. The van der Waals surface area contributed by atoms with Crippen molar-refractivity contribution in [3.05, 3.63) is 41.7 Å². The lowest BCUT2D eigenvalue weighted by atomic mass is 10.3. The van der Waals surface area contributed by atoms with Crippen molar-refractivity contribution in [2.24, 2.45) is 5.10 Å². The molecular formula is C11H9N5O. The molecule has 0 saturated heterocycles. The van der Waals surface area contributed by atoms with Crippen LogP contribution in [0.5, 0.6) is 0 Å². The third kappa shape index (κ3) is 2.66. The van der Waals surface area contributed by atoms with E-state index < -0.39 is 0 Å². The molecule has 0 aliphatic heterocycles. The fourth-order valence-electron chi connectivity index (χ4n) is 1.20. The van der Waals surface area contributed by atoms with Gasteiger partial charge in [-0.05, 0) is 6.07 Å². The fourth-order valence-corrected chi connectivity index (χ4v) is 1.20. The predicted octanol–water partition coefficient (Wildman–Crippen LogP) is 1.70. The highest BCUT2D eigenvalue weighted by atomic mass is 16.4. The maximum absolute atomic E-state index is 8.77. The van der Waals surface area contributed by atoms with Crippen LogP contribution < -0.4 is 5.43 Å². The van der Waals surface area contributed by atoms with Gasteiger partial charge >= 0.3 is 0 Å². The SMILES string of the molecule is Cc1nc(C#N)c(NN=Cc2cccnc2)o1. The molecule has 0 aromatic carbocycles. The van der Waals surface area contributed by atoms with Crippen LogP contribution in [-0.4, -0.2) is 16.2 Å². The van der Waals surface area contributed by atoms with Crippen LogP contribution in [0, 0.1) is 18.3 Å². The molecule has 0 spiro atoms. The normalized spacial score (nSPS) is 10.4. The van der Waals surface area contributed by atoms with E-state index in [-0.39, 0.29) is 11.6 Å². The van der Waals surface area contributed by atoms with Crippen molar-refractivity contribution in [1.82, 2.24) is 9.97 Å². The van der Waals surface area contributed by atoms with E-state index >= 15 is 0 Å². The maximum atomic E-state index is 8.77. The number of pyridine rings is 1. The topological polar surface area (TPSA) is 87.1 Å². The molecule has 0 unspecified atom stereocenters. The Balaban J connectivity index is 2.08. The highest BCUT2D eigenvalue weighted by Crippen LogP contribution is 2.15. The summed E-state index contributed by atoms with van der Waals surface area (Å²) in [5.74, 6) is 0.658. The number of oxazole rings is 1. The average Bonchev–Trinajstić information content (AvgIpc) is 2.71. The quantitative estimate of drug-likeness (QED) is 0.636. The first-order valence-electron chi connectivity index (χ1n) is 4.86. The van der Waals surface area contributed by atoms with Crippen molar-refractivity contribution in [3.63, 3.8) is 0 Å². The first-order valence-corrected chi connectivity index (χ1v) is 4.86. The van der Waals surface area contributed by atoms with Gasteiger partial charge in [0.2, 0.25) is 5.69 Å². The average molecular weight is 227 g/mol. The van der Waals surface area contributed by atoms with Crippen LogP contribution in [-0.2, 0) is 0 Å². The molecule has 0 amide bonds. The lowest BCUT2D eigenvalue weighted by molar-refractivity contribution is 0.533. The zero-order chi connectivity index (χ0) is 12.1. The van der Waals surface area contributed by atoms with Gasteiger partial charge < -0.3 is 4.42 Å². The van der Waals surface area contributed by atoms with Crippen LogP contribution in [0.25, 0.3) is 0 Å². The second kappa shape index (κ2) is 4.90. The highest BCUT2D eigenvalue weighted by Gasteiger charge is 2.08. The van der Waals surface area contributed by atoms with Crippen molar-refractivity contribution in [3.8, 4) is 6.07 Å². The van der Waals surface area contributed by atoms with Crippen molar-refractivity contribution < 1.29 is 4.42 Å². The van der Waals surface area contributed by atoms with E-state index in [9.17, 15) is 0 Å². The van der Waals surface area contributed by atoms with Gasteiger partial charge in [-0.3, -0.25) is 4.98 Å². The first-order chi connectivity index (χ1) is 8.29. The minimum absolute atomic E-state index is 0.186. The Kier molecular flexibility index (Phi) is 3.12. The Hall–Kier alpha value is -2.68. The Morgan fingerprint density at radius 1 is 1.59 bits per heavy atom. The molecule has 0 aliphatic rings. The summed E-state index contributed by atoms with van der Waals surface area (Å²) in [6.45, 7) is 1.66. The van der Waals surface area contributed by atoms with Gasteiger partial charge in [-0.25, -0.2) is 10.4 Å². The van der Waals surface area contributed by atoms with Crippen LogP contribution in [0.3, 0.4) is 0 Å². The van der Waals surface area contributed by atoms with Crippen molar-refractivity contribution in [1.29, 1.82) is 5.26 Å². The molecule has 6 heteroatoms. The van der Waals surface area contributed by atoms with Gasteiger partial charge in [0.1, 0.15) is 6.07 Å². The summed E-state index contributed by atoms with van der Waals surface area (Å²) >= 11 is 0. The third-order valence-corrected chi connectivity index (χ3v) is 1.90.